The van der Waals surface area contributed by atoms with Gasteiger partial charge in [-0.2, -0.15) is 26.3 Å². The summed E-state index contributed by atoms with van der Waals surface area (Å²) >= 11 is 0. The highest BCUT2D eigenvalue weighted by atomic mass is 32.2. The van der Waals surface area contributed by atoms with Crippen LogP contribution >= 0.6 is 0 Å². The standard InChI is InChI=1S/C21H20F7NO4S2/c1-19(2,34(30,31)18-10-14(21(26,27)28)7-15(22)11-18)13-8-16(9-13)29-35(32,33)17-5-3-12(4-6-17)20(23,24)25/h3-7,10-11,13,16,29H,8-9H2,1-2H3/t13-,16-. The molecule has 3 rings (SSSR count). The summed E-state index contributed by atoms with van der Waals surface area (Å²) < 4.78 is 143. The van der Waals surface area contributed by atoms with Crippen molar-refractivity contribution < 1.29 is 47.6 Å². The molecule has 14 heteroatoms. The Bertz CT molecular complexity index is 1310. The molecule has 0 aromatic heterocycles. The summed E-state index contributed by atoms with van der Waals surface area (Å²) in [6.07, 6.45) is -9.62. The van der Waals surface area contributed by atoms with Crippen LogP contribution in [-0.4, -0.2) is 27.6 Å². The topological polar surface area (TPSA) is 80.3 Å². The Morgan fingerprint density at radius 2 is 1.29 bits per heavy atom. The molecule has 0 unspecified atom stereocenters. The lowest BCUT2D eigenvalue weighted by molar-refractivity contribution is -0.138. The maximum atomic E-state index is 13.8. The number of hydrogen-bond donors (Lipinski definition) is 1. The minimum atomic E-state index is -4.96. The molecule has 0 heterocycles. The number of sulfone groups is 1. The molecule has 1 fully saturated rings. The Labute approximate surface area is 197 Å². The van der Waals surface area contributed by atoms with E-state index in [1.165, 1.54) is 13.8 Å². The molecule has 2 aromatic rings. The smallest absolute Gasteiger partial charge is 0.223 e. The number of benzene rings is 2. The van der Waals surface area contributed by atoms with Gasteiger partial charge in [0.25, 0.3) is 0 Å². The molecule has 0 atom stereocenters. The van der Waals surface area contributed by atoms with Gasteiger partial charge in [-0.3, -0.25) is 0 Å². The summed E-state index contributed by atoms with van der Waals surface area (Å²) in [6.45, 7) is 2.51. The molecule has 0 bridgehead atoms. The van der Waals surface area contributed by atoms with Crippen LogP contribution in [0.5, 0.6) is 0 Å². The Balaban J connectivity index is 1.74. The number of halogens is 7. The molecule has 194 valence electrons. The van der Waals surface area contributed by atoms with Crippen molar-refractivity contribution in [2.45, 2.75) is 59.6 Å². The summed E-state index contributed by atoms with van der Waals surface area (Å²) in [7, 11) is -8.67. The fourth-order valence-electron chi connectivity index (χ4n) is 3.80. The zero-order valence-electron chi connectivity index (χ0n) is 18.2. The highest BCUT2D eigenvalue weighted by molar-refractivity contribution is 7.92. The van der Waals surface area contributed by atoms with Crippen LogP contribution in [0.25, 0.3) is 0 Å². The van der Waals surface area contributed by atoms with Crippen LogP contribution in [0.2, 0.25) is 0 Å². The van der Waals surface area contributed by atoms with Crippen LogP contribution in [0.1, 0.15) is 37.8 Å². The third kappa shape index (κ3) is 5.48. The second-order valence-corrected chi connectivity index (χ2v) is 13.0. The van der Waals surface area contributed by atoms with E-state index in [9.17, 15) is 47.6 Å². The van der Waals surface area contributed by atoms with Gasteiger partial charge < -0.3 is 0 Å². The molecule has 0 radical (unpaired) electrons. The average Bonchev–Trinajstić information content (AvgIpc) is 2.68. The molecule has 1 aliphatic rings. The Hall–Kier alpha value is -2.19. The van der Waals surface area contributed by atoms with E-state index in [1.54, 1.807) is 0 Å². The SMILES string of the molecule is CC(C)([C@H]1C[C@H](NS(=O)(=O)c2ccc(C(F)(F)F)cc2)C1)S(=O)(=O)c1cc(F)cc(C(F)(F)F)c1. The Morgan fingerprint density at radius 1 is 0.771 bits per heavy atom. The fourth-order valence-corrected chi connectivity index (χ4v) is 6.85. The zero-order chi connectivity index (χ0) is 26.6. The summed E-state index contributed by atoms with van der Waals surface area (Å²) in [5.74, 6) is -2.06. The van der Waals surface area contributed by atoms with Crippen LogP contribution in [0, 0.1) is 11.7 Å². The highest BCUT2D eigenvalue weighted by Crippen LogP contribution is 2.44. The van der Waals surface area contributed by atoms with Crippen LogP contribution in [0.3, 0.4) is 0 Å². The van der Waals surface area contributed by atoms with Gasteiger partial charge in [-0.05, 0) is 75.1 Å². The van der Waals surface area contributed by atoms with Crippen molar-refractivity contribution in [3.63, 3.8) is 0 Å². The molecule has 5 nitrogen and oxygen atoms in total. The average molecular weight is 548 g/mol. The van der Waals surface area contributed by atoms with Crippen molar-refractivity contribution in [3.05, 3.63) is 59.4 Å². The monoisotopic (exact) mass is 547 g/mol. The lowest BCUT2D eigenvalue weighted by atomic mass is 9.73. The predicted octanol–water partition coefficient (Wildman–Crippen LogP) is 5.17. The van der Waals surface area contributed by atoms with Crippen molar-refractivity contribution in [2.75, 3.05) is 0 Å². The van der Waals surface area contributed by atoms with Crippen LogP contribution in [0.4, 0.5) is 30.7 Å². The number of rotatable bonds is 6. The lowest BCUT2D eigenvalue weighted by Gasteiger charge is -2.44. The Kier molecular flexibility index (Phi) is 6.83. The van der Waals surface area contributed by atoms with Crippen molar-refractivity contribution in [2.24, 2.45) is 5.92 Å². The normalized spacial score (nSPS) is 19.9. The second kappa shape index (κ2) is 8.73. The quantitative estimate of drug-likeness (QED) is 0.506. The third-order valence-corrected chi connectivity index (χ3v) is 10.2. The lowest BCUT2D eigenvalue weighted by Crippen LogP contribution is -2.53. The molecular weight excluding hydrogens is 527 g/mol. The Morgan fingerprint density at radius 3 is 1.77 bits per heavy atom. The van der Waals surface area contributed by atoms with Crippen LogP contribution < -0.4 is 4.72 Å². The second-order valence-electron chi connectivity index (χ2n) is 8.79. The van der Waals surface area contributed by atoms with Crippen molar-refractivity contribution >= 4 is 19.9 Å². The van der Waals surface area contributed by atoms with E-state index in [0.29, 0.717) is 24.3 Å². The van der Waals surface area contributed by atoms with Crippen molar-refractivity contribution in [3.8, 4) is 0 Å². The van der Waals surface area contributed by atoms with Crippen molar-refractivity contribution in [1.82, 2.24) is 4.72 Å². The molecule has 2 aromatic carbocycles. The number of hydrogen-bond acceptors (Lipinski definition) is 4. The maximum absolute atomic E-state index is 13.8. The first-order valence-corrected chi connectivity index (χ1v) is 13.0. The van der Waals surface area contributed by atoms with E-state index in [4.69, 9.17) is 0 Å². The highest BCUT2D eigenvalue weighted by Gasteiger charge is 2.49. The number of sulfonamides is 1. The summed E-state index contributed by atoms with van der Waals surface area (Å²) in [5, 5.41) is 0. The van der Waals surface area contributed by atoms with Crippen molar-refractivity contribution in [1.29, 1.82) is 0 Å². The maximum Gasteiger partial charge on any atom is 0.416 e. The molecule has 0 spiro atoms. The van der Waals surface area contributed by atoms with E-state index < -0.39 is 75.7 Å². The molecule has 0 aliphatic heterocycles. The summed E-state index contributed by atoms with van der Waals surface area (Å²) in [5.41, 5.74) is -2.49. The fraction of sp³-hybridized carbons (Fsp3) is 0.429. The molecule has 0 saturated heterocycles. The first-order valence-electron chi connectivity index (χ1n) is 10.1. The zero-order valence-corrected chi connectivity index (χ0v) is 19.8. The van der Waals surface area contributed by atoms with Gasteiger partial charge in [0.15, 0.2) is 9.84 Å². The first-order chi connectivity index (χ1) is 15.7. The molecular formula is C21H20F7NO4S2. The molecule has 1 saturated carbocycles. The van der Waals surface area contributed by atoms with Gasteiger partial charge in [-0.25, -0.2) is 25.9 Å². The van der Waals surface area contributed by atoms with E-state index in [2.05, 4.69) is 4.72 Å². The first kappa shape index (κ1) is 27.4. The van der Waals surface area contributed by atoms with Crippen LogP contribution in [0.15, 0.2) is 52.3 Å². The summed E-state index contributed by atoms with van der Waals surface area (Å²) in [6, 6.07) is 3.08. The van der Waals surface area contributed by atoms with Crippen LogP contribution in [-0.2, 0) is 32.2 Å². The van der Waals surface area contributed by atoms with Gasteiger partial charge >= 0.3 is 12.4 Å². The van der Waals surface area contributed by atoms with E-state index in [1.807, 2.05) is 0 Å². The number of nitrogens with one attached hydrogen (secondary N) is 1. The van der Waals surface area contributed by atoms with Gasteiger partial charge in [-0.15, -0.1) is 0 Å². The summed E-state index contributed by atoms with van der Waals surface area (Å²) in [4.78, 5) is -1.26. The van der Waals surface area contributed by atoms with E-state index >= 15 is 0 Å². The van der Waals surface area contributed by atoms with Gasteiger partial charge in [0.2, 0.25) is 10.0 Å². The molecule has 1 aliphatic carbocycles. The van der Waals surface area contributed by atoms with E-state index in [-0.39, 0.29) is 18.9 Å². The largest absolute Gasteiger partial charge is 0.416 e. The minimum Gasteiger partial charge on any atom is -0.223 e. The van der Waals surface area contributed by atoms with Gasteiger partial charge in [0, 0.05) is 6.04 Å². The molecule has 0 amide bonds. The molecule has 1 N–H and O–H groups in total. The molecule has 35 heavy (non-hydrogen) atoms. The van der Waals surface area contributed by atoms with Gasteiger partial charge in [0.1, 0.15) is 5.82 Å². The third-order valence-electron chi connectivity index (χ3n) is 6.14. The minimum absolute atomic E-state index is 0.00641. The van der Waals surface area contributed by atoms with Gasteiger partial charge in [-0.1, -0.05) is 0 Å². The van der Waals surface area contributed by atoms with Gasteiger partial charge in [0.05, 0.1) is 25.7 Å². The van der Waals surface area contributed by atoms with E-state index in [0.717, 1.165) is 12.1 Å². The predicted molar refractivity (Wildman–Crippen MR) is 111 cm³/mol. The number of alkyl halides is 6.